The standard InChI is InChI=1S/C27H33N2.BrH/c1-29(19-21-12-13-21)25-14-15-26(29)17-22(16-25)18-27(20-28,23-8-4-2-5-9-23)24-10-6-3-7-11-24;/h2-11,21-22,25-26H,12-19H2,1H3;1H/q+1;/p-1/t22?,25-,26+,29?;. The summed E-state index contributed by atoms with van der Waals surface area (Å²) in [5.74, 6) is 1.63. The third kappa shape index (κ3) is 3.74. The van der Waals surface area contributed by atoms with E-state index >= 15 is 0 Å². The van der Waals surface area contributed by atoms with Crippen LogP contribution in [0.1, 0.15) is 56.1 Å². The molecule has 4 atom stereocenters. The molecular formula is C27H33BrN2. The lowest BCUT2D eigenvalue weighted by molar-refractivity contribution is -0.951. The summed E-state index contributed by atoms with van der Waals surface area (Å²) in [5.41, 5.74) is 1.77. The summed E-state index contributed by atoms with van der Waals surface area (Å²) in [6.45, 7) is 1.41. The van der Waals surface area contributed by atoms with Gasteiger partial charge in [0.05, 0.1) is 31.7 Å². The van der Waals surface area contributed by atoms with Crippen LogP contribution in [0.25, 0.3) is 0 Å². The van der Waals surface area contributed by atoms with Crippen molar-refractivity contribution in [1.82, 2.24) is 0 Å². The first kappa shape index (κ1) is 21.6. The van der Waals surface area contributed by atoms with Gasteiger partial charge in [-0.1, -0.05) is 60.7 Å². The second-order valence-electron chi connectivity index (χ2n) is 10.1. The number of nitriles is 1. The van der Waals surface area contributed by atoms with Crippen molar-refractivity contribution in [2.45, 2.75) is 62.4 Å². The number of hydrogen-bond acceptors (Lipinski definition) is 1. The first-order valence-electron chi connectivity index (χ1n) is 11.5. The number of nitrogens with zero attached hydrogens (tertiary/aromatic N) is 2. The maximum absolute atomic E-state index is 10.5. The highest BCUT2D eigenvalue weighted by Crippen LogP contribution is 2.50. The highest BCUT2D eigenvalue weighted by atomic mass is 79.9. The number of hydrogen-bond donors (Lipinski definition) is 0. The van der Waals surface area contributed by atoms with Crippen molar-refractivity contribution >= 4 is 0 Å². The van der Waals surface area contributed by atoms with E-state index in [1.54, 1.807) is 0 Å². The molecular weight excluding hydrogens is 432 g/mol. The van der Waals surface area contributed by atoms with Crippen molar-refractivity contribution in [2.75, 3.05) is 13.6 Å². The van der Waals surface area contributed by atoms with Gasteiger partial charge in [0, 0.05) is 31.6 Å². The molecule has 1 aliphatic carbocycles. The Hall–Kier alpha value is -1.63. The van der Waals surface area contributed by atoms with Gasteiger partial charge in [0.1, 0.15) is 5.41 Å². The molecule has 0 amide bonds. The van der Waals surface area contributed by atoms with Crippen molar-refractivity contribution in [1.29, 1.82) is 5.26 Å². The fourth-order valence-corrected chi connectivity index (χ4v) is 6.63. The zero-order valence-corrected chi connectivity index (χ0v) is 19.6. The van der Waals surface area contributed by atoms with E-state index in [0.29, 0.717) is 5.92 Å². The normalized spacial score (nSPS) is 30.3. The summed E-state index contributed by atoms with van der Waals surface area (Å²) in [7, 11) is 2.54. The van der Waals surface area contributed by atoms with E-state index in [1.807, 2.05) is 0 Å². The van der Waals surface area contributed by atoms with Gasteiger partial charge in [-0.25, -0.2) is 0 Å². The van der Waals surface area contributed by atoms with Crippen LogP contribution in [0.2, 0.25) is 0 Å². The number of benzene rings is 2. The highest BCUT2D eigenvalue weighted by molar-refractivity contribution is 5.45. The fourth-order valence-electron chi connectivity index (χ4n) is 6.63. The molecule has 2 aromatic rings. The minimum atomic E-state index is -0.538. The van der Waals surface area contributed by atoms with Crippen LogP contribution in [0.5, 0.6) is 0 Å². The highest BCUT2D eigenvalue weighted by Gasteiger charge is 2.54. The maximum atomic E-state index is 10.5. The summed E-state index contributed by atoms with van der Waals surface area (Å²) in [4.78, 5) is 0. The van der Waals surface area contributed by atoms with Crippen LogP contribution < -0.4 is 17.0 Å². The molecule has 0 aromatic heterocycles. The minimum absolute atomic E-state index is 0. The molecule has 2 aliphatic heterocycles. The maximum Gasteiger partial charge on any atom is 0.107 e. The molecule has 2 heterocycles. The van der Waals surface area contributed by atoms with Crippen LogP contribution in [0, 0.1) is 23.2 Å². The Morgan fingerprint density at radius 3 is 1.77 bits per heavy atom. The smallest absolute Gasteiger partial charge is 0.107 e. The van der Waals surface area contributed by atoms with Crippen LogP contribution in [0.15, 0.2) is 60.7 Å². The minimum Gasteiger partial charge on any atom is -1.00 e. The average molecular weight is 465 g/mol. The van der Waals surface area contributed by atoms with Gasteiger partial charge < -0.3 is 21.5 Å². The van der Waals surface area contributed by atoms with Gasteiger partial charge in [-0.15, -0.1) is 0 Å². The Labute approximate surface area is 192 Å². The number of halogens is 1. The Kier molecular flexibility index (Phi) is 6.11. The second-order valence-corrected chi connectivity index (χ2v) is 10.1. The van der Waals surface area contributed by atoms with Gasteiger partial charge in [-0.2, -0.15) is 5.26 Å². The SMILES string of the molecule is C[N+]1(CC2CC2)[C@@H]2CC[C@H]1CC(CC(C#N)(c1ccccc1)c1ccccc1)C2.[Br-]. The second kappa shape index (κ2) is 8.48. The molecule has 5 rings (SSSR count). The Balaban J connectivity index is 0.00000218. The first-order valence-corrected chi connectivity index (χ1v) is 11.5. The van der Waals surface area contributed by atoms with E-state index < -0.39 is 5.41 Å². The van der Waals surface area contributed by atoms with Gasteiger partial charge in [-0.3, -0.25) is 0 Å². The molecule has 0 spiro atoms. The number of quaternary nitrogens is 1. The van der Waals surface area contributed by atoms with E-state index in [1.165, 1.54) is 49.6 Å². The van der Waals surface area contributed by atoms with Crippen molar-refractivity contribution in [3.05, 3.63) is 71.8 Å². The molecule has 0 N–H and O–H groups in total. The van der Waals surface area contributed by atoms with Crippen molar-refractivity contribution < 1.29 is 21.5 Å². The van der Waals surface area contributed by atoms with Crippen LogP contribution in [-0.2, 0) is 5.41 Å². The summed E-state index contributed by atoms with van der Waals surface area (Å²) in [6.07, 6.45) is 9.23. The third-order valence-corrected chi connectivity index (χ3v) is 8.38. The fraction of sp³-hybridized carbons (Fsp3) is 0.519. The zero-order valence-electron chi connectivity index (χ0n) is 18.0. The summed E-state index contributed by atoms with van der Waals surface area (Å²) in [6, 6.07) is 25.5. The van der Waals surface area contributed by atoms with E-state index in [0.717, 1.165) is 35.5 Å². The molecule has 2 unspecified atom stereocenters. The summed E-state index contributed by atoms with van der Waals surface area (Å²) in [5, 5.41) is 10.5. The molecule has 3 fully saturated rings. The lowest BCUT2D eigenvalue weighted by Crippen LogP contribution is -3.00. The molecule has 1 saturated carbocycles. The quantitative estimate of drug-likeness (QED) is 0.602. The van der Waals surface area contributed by atoms with Gasteiger partial charge in [0.15, 0.2) is 0 Å². The van der Waals surface area contributed by atoms with Crippen LogP contribution in [0.3, 0.4) is 0 Å². The number of piperidine rings is 1. The summed E-state index contributed by atoms with van der Waals surface area (Å²) < 4.78 is 1.33. The predicted octanol–water partition coefficient (Wildman–Crippen LogP) is 2.69. The van der Waals surface area contributed by atoms with Crippen LogP contribution in [0.4, 0.5) is 0 Å². The molecule has 3 heteroatoms. The number of fused-ring (bicyclic) bond motifs is 2. The molecule has 30 heavy (non-hydrogen) atoms. The van der Waals surface area contributed by atoms with E-state index in [2.05, 4.69) is 73.8 Å². The van der Waals surface area contributed by atoms with Crippen LogP contribution in [-0.4, -0.2) is 30.2 Å². The van der Waals surface area contributed by atoms with Gasteiger partial charge in [0.2, 0.25) is 0 Å². The Morgan fingerprint density at radius 2 is 1.33 bits per heavy atom. The average Bonchev–Trinajstić information content (AvgIpc) is 3.55. The van der Waals surface area contributed by atoms with Gasteiger partial charge >= 0.3 is 0 Å². The Morgan fingerprint density at radius 1 is 0.833 bits per heavy atom. The summed E-state index contributed by atoms with van der Waals surface area (Å²) >= 11 is 0. The van der Waals surface area contributed by atoms with E-state index in [9.17, 15) is 5.26 Å². The van der Waals surface area contributed by atoms with Gasteiger partial charge in [0.25, 0.3) is 0 Å². The molecule has 2 saturated heterocycles. The molecule has 0 radical (unpaired) electrons. The third-order valence-electron chi connectivity index (χ3n) is 8.38. The largest absolute Gasteiger partial charge is 1.00 e. The molecule has 2 nitrogen and oxygen atoms in total. The van der Waals surface area contributed by atoms with Crippen LogP contribution >= 0.6 is 0 Å². The van der Waals surface area contributed by atoms with Crippen molar-refractivity contribution in [3.63, 3.8) is 0 Å². The molecule has 2 bridgehead atoms. The van der Waals surface area contributed by atoms with Crippen molar-refractivity contribution in [2.24, 2.45) is 11.8 Å². The van der Waals surface area contributed by atoms with E-state index in [4.69, 9.17) is 0 Å². The molecule has 3 aliphatic rings. The Bertz CT molecular complexity index is 831. The predicted molar refractivity (Wildman–Crippen MR) is 117 cm³/mol. The molecule has 2 aromatic carbocycles. The van der Waals surface area contributed by atoms with Gasteiger partial charge in [-0.05, 0) is 36.3 Å². The molecule has 158 valence electrons. The topological polar surface area (TPSA) is 23.8 Å². The lowest BCUT2D eigenvalue weighted by atomic mass is 9.67. The van der Waals surface area contributed by atoms with E-state index in [-0.39, 0.29) is 17.0 Å². The lowest BCUT2D eigenvalue weighted by Gasteiger charge is -2.48. The first-order chi connectivity index (χ1) is 14.1. The monoisotopic (exact) mass is 464 g/mol. The zero-order chi connectivity index (χ0) is 19.9. The van der Waals surface area contributed by atoms with Crippen molar-refractivity contribution in [3.8, 4) is 6.07 Å². The number of rotatable bonds is 6.